The Labute approximate surface area is 198 Å². The summed E-state index contributed by atoms with van der Waals surface area (Å²) in [5.74, 6) is 2.81. The summed E-state index contributed by atoms with van der Waals surface area (Å²) in [5.41, 5.74) is 0.694. The lowest BCUT2D eigenvalue weighted by Crippen LogP contribution is -2.52. The summed E-state index contributed by atoms with van der Waals surface area (Å²) < 4.78 is 28.2. The van der Waals surface area contributed by atoms with Crippen molar-refractivity contribution >= 4 is 17.8 Å². The Hall–Kier alpha value is -3.68. The fourth-order valence-electron chi connectivity index (χ4n) is 4.70. The van der Waals surface area contributed by atoms with Crippen molar-refractivity contribution < 1.29 is 33.3 Å². The molecule has 1 fully saturated rings. The number of ketones is 1. The molecule has 0 unspecified atom stereocenters. The van der Waals surface area contributed by atoms with Crippen LogP contribution in [0.4, 0.5) is 0 Å². The summed E-state index contributed by atoms with van der Waals surface area (Å²) in [6, 6.07) is 9.02. The molecular weight excluding hydrogens is 438 g/mol. The number of hydrogen-bond donors (Lipinski definition) is 0. The molecule has 34 heavy (non-hydrogen) atoms. The largest absolute Gasteiger partial charge is 0.496 e. The van der Waals surface area contributed by atoms with Gasteiger partial charge in [-0.25, -0.2) is 0 Å². The van der Waals surface area contributed by atoms with Gasteiger partial charge in [-0.3, -0.25) is 9.59 Å². The first kappa shape index (κ1) is 22.1. The van der Waals surface area contributed by atoms with Gasteiger partial charge in [-0.2, -0.15) is 0 Å². The molecule has 1 saturated heterocycles. The van der Waals surface area contributed by atoms with E-state index in [4.69, 9.17) is 23.7 Å². The molecule has 3 heterocycles. The van der Waals surface area contributed by atoms with Crippen LogP contribution in [0, 0.1) is 0 Å². The molecule has 2 aromatic carbocycles. The molecule has 178 valence electrons. The summed E-state index contributed by atoms with van der Waals surface area (Å²) >= 11 is 0. The van der Waals surface area contributed by atoms with Gasteiger partial charge in [0.2, 0.25) is 5.91 Å². The van der Waals surface area contributed by atoms with Crippen LogP contribution in [0.2, 0.25) is 0 Å². The Balaban J connectivity index is 1.25. The van der Waals surface area contributed by atoms with Crippen molar-refractivity contribution in [1.29, 1.82) is 0 Å². The lowest BCUT2D eigenvalue weighted by molar-refractivity contribution is -0.129. The van der Waals surface area contributed by atoms with Gasteiger partial charge in [0.05, 0.1) is 20.6 Å². The van der Waals surface area contributed by atoms with Gasteiger partial charge in [0, 0.05) is 44.1 Å². The zero-order chi connectivity index (χ0) is 23.7. The van der Waals surface area contributed by atoms with Gasteiger partial charge in [-0.1, -0.05) is 6.07 Å². The molecule has 8 heteroatoms. The van der Waals surface area contributed by atoms with E-state index in [-0.39, 0.29) is 18.1 Å². The second-order valence-corrected chi connectivity index (χ2v) is 8.65. The van der Waals surface area contributed by atoms with Crippen molar-refractivity contribution in [3.63, 3.8) is 0 Å². The van der Waals surface area contributed by atoms with E-state index in [0.29, 0.717) is 67.7 Å². The number of ether oxygens (including phenoxy) is 5. The Morgan fingerprint density at radius 3 is 2.50 bits per heavy atom. The minimum Gasteiger partial charge on any atom is -0.496 e. The highest BCUT2D eigenvalue weighted by Crippen LogP contribution is 2.44. The number of amides is 1. The predicted octanol–water partition coefficient (Wildman–Crippen LogP) is 3.51. The number of rotatable bonds is 4. The molecule has 8 nitrogen and oxygen atoms in total. The smallest absolute Gasteiger partial charge is 0.246 e. The minimum atomic E-state index is -0.627. The van der Waals surface area contributed by atoms with E-state index >= 15 is 0 Å². The number of Topliss-reactive ketones (excluding diaryl/α,β-unsaturated/α-hetero) is 1. The first-order valence-electron chi connectivity index (χ1n) is 11.4. The van der Waals surface area contributed by atoms with E-state index in [2.05, 4.69) is 0 Å². The second kappa shape index (κ2) is 8.93. The number of methoxy groups -OCH3 is 2. The first-order valence-corrected chi connectivity index (χ1v) is 11.4. The van der Waals surface area contributed by atoms with E-state index in [1.807, 2.05) is 18.2 Å². The molecule has 2 aromatic rings. The van der Waals surface area contributed by atoms with Gasteiger partial charge in [0.1, 0.15) is 41.6 Å². The van der Waals surface area contributed by atoms with Crippen molar-refractivity contribution in [2.75, 3.05) is 40.5 Å². The van der Waals surface area contributed by atoms with Crippen LogP contribution < -0.4 is 23.7 Å². The SMILES string of the molecule is COc1cc(OC)c2c(c1)OC1(CCN(C(=O)/C=C\c3ccc4c(c3)OCCO4)CC1)CC2=O. The van der Waals surface area contributed by atoms with Gasteiger partial charge in [-0.05, 0) is 23.8 Å². The Morgan fingerprint density at radius 2 is 1.76 bits per heavy atom. The van der Waals surface area contributed by atoms with Crippen LogP contribution in [0.3, 0.4) is 0 Å². The second-order valence-electron chi connectivity index (χ2n) is 8.65. The number of piperidine rings is 1. The Kier molecular flexibility index (Phi) is 5.81. The van der Waals surface area contributed by atoms with Crippen LogP contribution in [-0.2, 0) is 4.79 Å². The monoisotopic (exact) mass is 465 g/mol. The molecule has 0 bridgehead atoms. The number of carbonyl (C=O) groups excluding carboxylic acids is 2. The van der Waals surface area contributed by atoms with E-state index in [1.54, 1.807) is 36.3 Å². The lowest BCUT2D eigenvalue weighted by atomic mass is 9.82. The minimum absolute atomic E-state index is 0.0148. The predicted molar refractivity (Wildman–Crippen MR) is 124 cm³/mol. The van der Waals surface area contributed by atoms with Crippen molar-refractivity contribution in [1.82, 2.24) is 4.90 Å². The molecule has 3 aliphatic rings. The number of nitrogens with zero attached hydrogens (tertiary/aromatic N) is 1. The molecule has 0 saturated carbocycles. The highest BCUT2D eigenvalue weighted by Gasteiger charge is 2.44. The van der Waals surface area contributed by atoms with Crippen LogP contribution >= 0.6 is 0 Å². The highest BCUT2D eigenvalue weighted by atomic mass is 16.6. The van der Waals surface area contributed by atoms with Gasteiger partial charge >= 0.3 is 0 Å². The molecule has 5 rings (SSSR count). The highest BCUT2D eigenvalue weighted by molar-refractivity contribution is 6.03. The van der Waals surface area contributed by atoms with Crippen LogP contribution in [0.1, 0.15) is 35.2 Å². The molecule has 0 atom stereocenters. The Morgan fingerprint density at radius 1 is 1.00 bits per heavy atom. The van der Waals surface area contributed by atoms with Crippen molar-refractivity contribution in [2.45, 2.75) is 24.9 Å². The molecule has 3 aliphatic heterocycles. The van der Waals surface area contributed by atoms with Crippen molar-refractivity contribution in [2.24, 2.45) is 0 Å². The number of likely N-dealkylation sites (tertiary alicyclic amines) is 1. The lowest BCUT2D eigenvalue weighted by Gasteiger charge is -2.44. The van der Waals surface area contributed by atoms with Crippen LogP contribution in [0.15, 0.2) is 36.4 Å². The molecular formula is C26H27NO7. The van der Waals surface area contributed by atoms with E-state index in [1.165, 1.54) is 7.11 Å². The average Bonchev–Trinajstić information content (AvgIpc) is 2.86. The normalized spacial score (nSPS) is 18.4. The number of carbonyl (C=O) groups is 2. The molecule has 0 aromatic heterocycles. The molecule has 1 spiro atoms. The maximum absolute atomic E-state index is 13.0. The topological polar surface area (TPSA) is 83.5 Å². The molecule has 1 amide bonds. The summed E-state index contributed by atoms with van der Waals surface area (Å²) in [4.78, 5) is 27.6. The van der Waals surface area contributed by atoms with Crippen LogP contribution in [0.5, 0.6) is 28.7 Å². The quantitative estimate of drug-likeness (QED) is 0.639. The summed E-state index contributed by atoms with van der Waals surface area (Å²) in [5, 5.41) is 0. The zero-order valence-corrected chi connectivity index (χ0v) is 19.3. The number of hydrogen-bond acceptors (Lipinski definition) is 7. The average molecular weight is 466 g/mol. The maximum Gasteiger partial charge on any atom is 0.246 e. The molecule has 0 aliphatic carbocycles. The summed E-state index contributed by atoms with van der Waals surface area (Å²) in [7, 11) is 3.08. The number of benzene rings is 2. The Bertz CT molecular complexity index is 1150. The van der Waals surface area contributed by atoms with Gasteiger partial charge in [0.25, 0.3) is 0 Å². The van der Waals surface area contributed by atoms with Crippen molar-refractivity contribution in [3.8, 4) is 28.7 Å². The van der Waals surface area contributed by atoms with Gasteiger partial charge in [0.15, 0.2) is 17.3 Å². The molecule has 0 radical (unpaired) electrons. The maximum atomic E-state index is 13.0. The van der Waals surface area contributed by atoms with Crippen LogP contribution in [-0.4, -0.2) is 62.7 Å². The van der Waals surface area contributed by atoms with E-state index < -0.39 is 5.60 Å². The van der Waals surface area contributed by atoms with E-state index in [9.17, 15) is 9.59 Å². The van der Waals surface area contributed by atoms with Crippen molar-refractivity contribution in [3.05, 3.63) is 47.5 Å². The standard InChI is InChI=1S/C26H27NO7/c1-30-18-14-22(31-2)25-19(28)16-26(34-23(25)15-18)7-9-27(10-8-26)24(29)6-4-17-3-5-20-21(13-17)33-12-11-32-20/h3-6,13-15H,7-12,16H2,1-2H3/b6-4-. The zero-order valence-electron chi connectivity index (χ0n) is 19.3. The third kappa shape index (κ3) is 4.16. The first-order chi connectivity index (χ1) is 16.5. The van der Waals surface area contributed by atoms with Gasteiger partial charge < -0.3 is 28.6 Å². The third-order valence-electron chi connectivity index (χ3n) is 6.55. The summed E-state index contributed by atoms with van der Waals surface area (Å²) in [6.07, 6.45) is 4.75. The summed E-state index contributed by atoms with van der Waals surface area (Å²) in [6.45, 7) is 2.07. The third-order valence-corrected chi connectivity index (χ3v) is 6.55. The van der Waals surface area contributed by atoms with E-state index in [0.717, 1.165) is 11.3 Å². The number of fused-ring (bicyclic) bond motifs is 2. The van der Waals surface area contributed by atoms with Gasteiger partial charge in [-0.15, -0.1) is 0 Å². The molecule has 0 N–H and O–H groups in total. The fourth-order valence-corrected chi connectivity index (χ4v) is 4.70. The fraction of sp³-hybridized carbons (Fsp3) is 0.385. The van der Waals surface area contributed by atoms with Crippen LogP contribution in [0.25, 0.3) is 6.08 Å².